The Morgan fingerprint density at radius 2 is 1.65 bits per heavy atom. The van der Waals surface area contributed by atoms with Gasteiger partial charge in [0.15, 0.2) is 0 Å². The topological polar surface area (TPSA) is 74.1 Å². The van der Waals surface area contributed by atoms with Gasteiger partial charge in [-0.3, -0.25) is 0 Å². The number of nitrogens with zero attached hydrogens (tertiary/aromatic N) is 3. The van der Waals surface area contributed by atoms with E-state index in [9.17, 15) is 8.42 Å². The molecule has 0 fully saturated rings. The van der Waals surface area contributed by atoms with Gasteiger partial charge in [0.1, 0.15) is 27.6 Å². The molecular weight excluding hydrogens is 385 g/mol. The van der Waals surface area contributed by atoms with Crippen LogP contribution in [0.15, 0.2) is 30.3 Å². The van der Waals surface area contributed by atoms with E-state index in [1.165, 1.54) is 12.1 Å². The smallest absolute Gasteiger partial charge is 0.267 e. The van der Waals surface area contributed by atoms with Gasteiger partial charge in [-0.2, -0.15) is 0 Å². The lowest BCUT2D eigenvalue weighted by Gasteiger charge is -2.09. The summed E-state index contributed by atoms with van der Waals surface area (Å²) in [6.45, 7) is 0. The zero-order chi connectivity index (χ0) is 16.8. The van der Waals surface area contributed by atoms with Crippen LogP contribution < -0.4 is 4.74 Å². The van der Waals surface area contributed by atoms with Gasteiger partial charge >= 0.3 is 0 Å². The van der Waals surface area contributed by atoms with Crippen LogP contribution in [0.2, 0.25) is 15.1 Å². The van der Waals surface area contributed by atoms with Crippen LogP contribution in [0.5, 0.6) is 11.5 Å². The fourth-order valence-electron chi connectivity index (χ4n) is 1.81. The van der Waals surface area contributed by atoms with Gasteiger partial charge in [-0.1, -0.05) is 45.1 Å². The fourth-order valence-corrected chi connectivity index (χ4v) is 2.81. The minimum Gasteiger partial charge on any atom is -0.454 e. The highest BCUT2D eigenvalue weighted by atomic mass is 35.5. The van der Waals surface area contributed by atoms with Gasteiger partial charge in [0.2, 0.25) is 0 Å². The first kappa shape index (κ1) is 16.3. The molecule has 0 aliphatic heterocycles. The normalized spacial score (nSPS) is 11.8. The van der Waals surface area contributed by atoms with Gasteiger partial charge in [0, 0.05) is 6.07 Å². The van der Waals surface area contributed by atoms with Crippen LogP contribution in [-0.2, 0) is 10.0 Å². The number of halogens is 3. The van der Waals surface area contributed by atoms with E-state index in [0.717, 1.165) is 6.26 Å². The van der Waals surface area contributed by atoms with Crippen molar-refractivity contribution in [3.8, 4) is 11.5 Å². The molecule has 120 valence electrons. The Morgan fingerprint density at radius 1 is 1.00 bits per heavy atom. The maximum absolute atomic E-state index is 11.5. The Balaban J connectivity index is 2.08. The average Bonchev–Trinajstić information content (AvgIpc) is 2.87. The lowest BCUT2D eigenvalue weighted by Crippen LogP contribution is -2.13. The molecule has 0 amide bonds. The fraction of sp³-hybridized carbons (Fsp3) is 0.0769. The highest BCUT2D eigenvalue weighted by Crippen LogP contribution is 2.38. The number of benzene rings is 2. The predicted octanol–water partition coefficient (Wildman–Crippen LogP) is 3.99. The largest absolute Gasteiger partial charge is 0.454 e. The first-order valence-corrected chi connectivity index (χ1v) is 9.13. The number of hydrogen-bond donors (Lipinski definition) is 0. The Hall–Kier alpha value is -1.54. The predicted molar refractivity (Wildman–Crippen MR) is 89.3 cm³/mol. The van der Waals surface area contributed by atoms with E-state index >= 15 is 0 Å². The van der Waals surface area contributed by atoms with E-state index < -0.39 is 10.0 Å². The van der Waals surface area contributed by atoms with Crippen molar-refractivity contribution in [3.05, 3.63) is 45.4 Å². The van der Waals surface area contributed by atoms with Crippen LogP contribution in [0.1, 0.15) is 0 Å². The summed E-state index contributed by atoms with van der Waals surface area (Å²) in [5.41, 5.74) is 0.637. The minimum atomic E-state index is -3.59. The summed E-state index contributed by atoms with van der Waals surface area (Å²) in [5.74, 6) is 0.569. The zero-order valence-electron chi connectivity index (χ0n) is 11.5. The summed E-state index contributed by atoms with van der Waals surface area (Å²) in [6.07, 6.45) is 0.997. The number of fused-ring (bicyclic) bond motifs is 1. The van der Waals surface area contributed by atoms with Crippen molar-refractivity contribution >= 4 is 55.9 Å². The molecule has 0 radical (unpaired) electrons. The lowest BCUT2D eigenvalue weighted by atomic mass is 10.3. The SMILES string of the molecule is CS(=O)(=O)n1nc2cc(Cl)c(Oc3cccc(Cl)c3Cl)cc2n1. The van der Waals surface area contributed by atoms with Crippen LogP contribution in [0.25, 0.3) is 11.0 Å². The monoisotopic (exact) mass is 391 g/mol. The molecular formula is C13H8Cl3N3O3S. The molecule has 23 heavy (non-hydrogen) atoms. The van der Waals surface area contributed by atoms with E-state index in [2.05, 4.69) is 10.2 Å². The summed E-state index contributed by atoms with van der Waals surface area (Å²) in [7, 11) is -3.59. The van der Waals surface area contributed by atoms with Crippen molar-refractivity contribution < 1.29 is 13.2 Å². The van der Waals surface area contributed by atoms with Crippen molar-refractivity contribution in [1.82, 2.24) is 14.4 Å². The molecule has 1 heterocycles. The van der Waals surface area contributed by atoms with E-state index in [1.807, 2.05) is 0 Å². The molecule has 0 bridgehead atoms. The molecule has 6 nitrogen and oxygen atoms in total. The molecule has 0 unspecified atom stereocenters. The second-order valence-electron chi connectivity index (χ2n) is 4.61. The van der Waals surface area contributed by atoms with Gasteiger partial charge in [-0.15, -0.1) is 10.2 Å². The third-order valence-electron chi connectivity index (χ3n) is 2.85. The number of ether oxygens (including phenoxy) is 1. The molecule has 0 atom stereocenters. The maximum atomic E-state index is 11.5. The zero-order valence-corrected chi connectivity index (χ0v) is 14.6. The third-order valence-corrected chi connectivity index (χ3v) is 4.70. The molecule has 0 saturated carbocycles. The average molecular weight is 393 g/mol. The molecule has 3 rings (SSSR count). The van der Waals surface area contributed by atoms with E-state index in [1.54, 1.807) is 18.2 Å². The lowest BCUT2D eigenvalue weighted by molar-refractivity contribution is 0.484. The molecule has 3 aromatic rings. The van der Waals surface area contributed by atoms with Crippen molar-refractivity contribution in [2.45, 2.75) is 0 Å². The summed E-state index contributed by atoms with van der Waals surface area (Å²) in [6, 6.07) is 7.86. The molecule has 2 aromatic carbocycles. The molecule has 0 N–H and O–H groups in total. The highest BCUT2D eigenvalue weighted by molar-refractivity contribution is 7.88. The standard InChI is InChI=1S/C13H8Cl3N3O3S/c1-23(20,21)19-17-9-5-8(15)12(6-10(9)18-19)22-11-4-2-3-7(14)13(11)16/h2-6H,1H3. The Labute approximate surface area is 146 Å². The Kier molecular flexibility index (Phi) is 4.14. The maximum Gasteiger partial charge on any atom is 0.267 e. The number of aromatic nitrogens is 3. The Morgan fingerprint density at radius 3 is 2.30 bits per heavy atom. The number of rotatable bonds is 3. The summed E-state index contributed by atoms with van der Waals surface area (Å²) in [5, 5.41) is 8.55. The quantitative estimate of drug-likeness (QED) is 0.674. The van der Waals surface area contributed by atoms with Crippen LogP contribution in [0, 0.1) is 0 Å². The van der Waals surface area contributed by atoms with Gasteiger partial charge in [-0.05, 0) is 18.2 Å². The van der Waals surface area contributed by atoms with E-state index in [0.29, 0.717) is 26.0 Å². The number of hydrogen-bond acceptors (Lipinski definition) is 5. The van der Waals surface area contributed by atoms with E-state index in [-0.39, 0.29) is 15.8 Å². The van der Waals surface area contributed by atoms with E-state index in [4.69, 9.17) is 39.5 Å². The molecule has 10 heteroatoms. The second kappa shape index (κ2) is 5.83. The summed E-state index contributed by atoms with van der Waals surface area (Å²) < 4.78 is 29.3. The van der Waals surface area contributed by atoms with Gasteiger partial charge in [-0.25, -0.2) is 8.42 Å². The van der Waals surface area contributed by atoms with Crippen molar-refractivity contribution in [2.24, 2.45) is 0 Å². The molecule has 0 spiro atoms. The van der Waals surface area contributed by atoms with Crippen LogP contribution in [0.3, 0.4) is 0 Å². The molecule has 0 saturated heterocycles. The Bertz CT molecular complexity index is 1020. The van der Waals surface area contributed by atoms with Crippen molar-refractivity contribution in [3.63, 3.8) is 0 Å². The van der Waals surface area contributed by atoms with Crippen molar-refractivity contribution in [2.75, 3.05) is 6.26 Å². The van der Waals surface area contributed by atoms with Gasteiger partial charge in [0.25, 0.3) is 10.0 Å². The second-order valence-corrected chi connectivity index (χ2v) is 7.60. The summed E-state index contributed by atoms with van der Waals surface area (Å²) >= 11 is 18.1. The summed E-state index contributed by atoms with van der Waals surface area (Å²) in [4.78, 5) is 0. The minimum absolute atomic E-state index is 0.231. The van der Waals surface area contributed by atoms with Crippen LogP contribution in [0.4, 0.5) is 0 Å². The molecule has 1 aromatic heterocycles. The first-order chi connectivity index (χ1) is 10.8. The molecule has 0 aliphatic rings. The third kappa shape index (κ3) is 3.23. The van der Waals surface area contributed by atoms with Crippen LogP contribution >= 0.6 is 34.8 Å². The van der Waals surface area contributed by atoms with Gasteiger partial charge < -0.3 is 4.74 Å². The van der Waals surface area contributed by atoms with Gasteiger partial charge in [0.05, 0.1) is 16.3 Å². The first-order valence-electron chi connectivity index (χ1n) is 6.15. The highest BCUT2D eigenvalue weighted by Gasteiger charge is 2.15. The van der Waals surface area contributed by atoms with Crippen molar-refractivity contribution in [1.29, 1.82) is 0 Å². The van der Waals surface area contributed by atoms with Crippen LogP contribution in [-0.4, -0.2) is 29.1 Å². The molecule has 0 aliphatic carbocycles.